The standard InChI is InChI=1S/C20H20ClN3O2S/c1-3-12(2)22-18(25)14-6-9-16-17(10-14)23-20(27)24(19(16)26)11-13-4-7-15(21)8-5-13/h4-10,12H,3,11H2,1-2H3,(H,22,25)(H,23,27)/t12-/m0/s1. The third-order valence-electron chi connectivity index (χ3n) is 4.49. The SMILES string of the molecule is CC[C@H](C)NC(=O)c1ccc2c(=O)n(Cc3ccc(Cl)cc3)c(=S)[nH]c2c1. The third kappa shape index (κ3) is 4.28. The van der Waals surface area contributed by atoms with Gasteiger partial charge in [-0.2, -0.15) is 0 Å². The van der Waals surface area contributed by atoms with Crippen LogP contribution >= 0.6 is 23.8 Å². The summed E-state index contributed by atoms with van der Waals surface area (Å²) in [7, 11) is 0. The number of amides is 1. The van der Waals surface area contributed by atoms with Gasteiger partial charge in [0.05, 0.1) is 17.4 Å². The maximum absolute atomic E-state index is 12.9. The molecule has 0 saturated heterocycles. The van der Waals surface area contributed by atoms with E-state index in [0.717, 1.165) is 12.0 Å². The molecule has 0 radical (unpaired) electrons. The molecule has 5 nitrogen and oxygen atoms in total. The molecule has 0 saturated carbocycles. The quantitative estimate of drug-likeness (QED) is 0.627. The molecule has 3 rings (SSSR count). The van der Waals surface area contributed by atoms with E-state index in [2.05, 4.69) is 10.3 Å². The van der Waals surface area contributed by atoms with E-state index in [0.29, 0.717) is 32.8 Å². The second-order valence-corrected chi connectivity index (χ2v) is 7.31. The lowest BCUT2D eigenvalue weighted by atomic mass is 10.1. The number of H-pyrrole nitrogens is 1. The van der Waals surface area contributed by atoms with Crippen LogP contribution in [0, 0.1) is 4.77 Å². The van der Waals surface area contributed by atoms with E-state index in [1.165, 1.54) is 4.57 Å². The summed E-state index contributed by atoms with van der Waals surface area (Å²) in [5, 5.41) is 4.04. The van der Waals surface area contributed by atoms with Gasteiger partial charge >= 0.3 is 0 Å². The number of carbonyl (C=O) groups is 1. The maximum Gasteiger partial charge on any atom is 0.262 e. The van der Waals surface area contributed by atoms with Crippen LogP contribution in [0.4, 0.5) is 0 Å². The van der Waals surface area contributed by atoms with Crippen LogP contribution in [0.1, 0.15) is 36.2 Å². The number of benzene rings is 2. The van der Waals surface area contributed by atoms with Crippen LogP contribution in [0.5, 0.6) is 0 Å². The molecule has 1 heterocycles. The van der Waals surface area contributed by atoms with Gasteiger partial charge in [0.1, 0.15) is 0 Å². The molecule has 0 spiro atoms. The van der Waals surface area contributed by atoms with Crippen molar-refractivity contribution in [2.24, 2.45) is 0 Å². The average Bonchev–Trinajstić information content (AvgIpc) is 2.66. The molecule has 0 bridgehead atoms. The van der Waals surface area contributed by atoms with Crippen LogP contribution in [0.3, 0.4) is 0 Å². The van der Waals surface area contributed by atoms with Gasteiger partial charge in [0.15, 0.2) is 4.77 Å². The summed E-state index contributed by atoms with van der Waals surface area (Å²) in [5.74, 6) is -0.170. The molecular formula is C20H20ClN3O2S. The molecule has 1 aromatic heterocycles. The Kier molecular flexibility index (Phi) is 5.77. The Morgan fingerprint density at radius 3 is 2.63 bits per heavy atom. The zero-order chi connectivity index (χ0) is 19.6. The van der Waals surface area contributed by atoms with Gasteiger partial charge < -0.3 is 10.3 Å². The second kappa shape index (κ2) is 8.06. The number of hydrogen-bond donors (Lipinski definition) is 2. The molecule has 0 aliphatic rings. The third-order valence-corrected chi connectivity index (χ3v) is 5.06. The Bertz CT molecular complexity index is 1100. The fraction of sp³-hybridized carbons (Fsp3) is 0.250. The minimum absolute atomic E-state index is 0.0825. The van der Waals surface area contributed by atoms with Crippen LogP contribution in [0.25, 0.3) is 10.9 Å². The van der Waals surface area contributed by atoms with Gasteiger partial charge in [-0.1, -0.05) is 30.7 Å². The van der Waals surface area contributed by atoms with Gasteiger partial charge in [0.2, 0.25) is 0 Å². The van der Waals surface area contributed by atoms with E-state index >= 15 is 0 Å². The number of rotatable bonds is 5. The van der Waals surface area contributed by atoms with Crippen molar-refractivity contribution in [1.29, 1.82) is 0 Å². The molecule has 0 unspecified atom stereocenters. The number of nitrogens with zero attached hydrogens (tertiary/aromatic N) is 1. The molecule has 7 heteroatoms. The van der Waals surface area contributed by atoms with Gasteiger partial charge in [-0.15, -0.1) is 0 Å². The molecule has 2 aromatic carbocycles. The number of halogens is 1. The first-order chi connectivity index (χ1) is 12.9. The molecule has 0 aliphatic heterocycles. The predicted octanol–water partition coefficient (Wildman–Crippen LogP) is 4.29. The van der Waals surface area contributed by atoms with Gasteiger partial charge in [-0.3, -0.25) is 14.2 Å². The highest BCUT2D eigenvalue weighted by atomic mass is 35.5. The number of nitrogens with one attached hydrogen (secondary N) is 2. The van der Waals surface area contributed by atoms with E-state index in [9.17, 15) is 9.59 Å². The van der Waals surface area contributed by atoms with Gasteiger partial charge in [-0.05, 0) is 61.5 Å². The number of aromatic amines is 1. The fourth-order valence-electron chi connectivity index (χ4n) is 2.72. The van der Waals surface area contributed by atoms with E-state index in [4.69, 9.17) is 23.8 Å². The van der Waals surface area contributed by atoms with E-state index < -0.39 is 0 Å². The molecule has 2 N–H and O–H groups in total. The first kappa shape index (κ1) is 19.3. The Morgan fingerprint density at radius 2 is 1.96 bits per heavy atom. The van der Waals surface area contributed by atoms with Crippen LogP contribution in [-0.2, 0) is 6.54 Å². The van der Waals surface area contributed by atoms with Crippen molar-refractivity contribution in [3.8, 4) is 0 Å². The first-order valence-corrected chi connectivity index (χ1v) is 9.50. The summed E-state index contributed by atoms with van der Waals surface area (Å²) in [6, 6.07) is 12.3. The minimum atomic E-state index is -0.197. The van der Waals surface area contributed by atoms with Gasteiger partial charge in [0, 0.05) is 16.6 Å². The van der Waals surface area contributed by atoms with Crippen molar-refractivity contribution in [3.05, 3.63) is 73.7 Å². The van der Waals surface area contributed by atoms with Crippen LogP contribution in [0.15, 0.2) is 47.3 Å². The Balaban J connectivity index is 1.99. The molecule has 3 aromatic rings. The normalized spacial score (nSPS) is 12.1. The Hall–Kier alpha value is -2.44. The number of carbonyl (C=O) groups excluding carboxylic acids is 1. The highest BCUT2D eigenvalue weighted by molar-refractivity contribution is 7.71. The van der Waals surface area contributed by atoms with Crippen LogP contribution < -0.4 is 10.9 Å². The van der Waals surface area contributed by atoms with Crippen molar-refractivity contribution >= 4 is 40.6 Å². The summed E-state index contributed by atoms with van der Waals surface area (Å²) in [6.45, 7) is 4.30. The first-order valence-electron chi connectivity index (χ1n) is 8.71. The zero-order valence-corrected chi connectivity index (χ0v) is 16.7. The smallest absolute Gasteiger partial charge is 0.262 e. The van der Waals surface area contributed by atoms with Crippen LogP contribution in [-0.4, -0.2) is 21.5 Å². The van der Waals surface area contributed by atoms with Crippen molar-refractivity contribution in [3.63, 3.8) is 0 Å². The summed E-state index contributed by atoms with van der Waals surface area (Å²) < 4.78 is 1.81. The Morgan fingerprint density at radius 1 is 1.26 bits per heavy atom. The van der Waals surface area contributed by atoms with E-state index in [1.54, 1.807) is 30.3 Å². The maximum atomic E-state index is 12.9. The summed E-state index contributed by atoms with van der Waals surface area (Å²) in [6.07, 6.45) is 0.844. The second-order valence-electron chi connectivity index (χ2n) is 6.49. The number of aromatic nitrogens is 2. The van der Waals surface area contributed by atoms with Gasteiger partial charge in [-0.25, -0.2) is 0 Å². The molecule has 140 valence electrons. The van der Waals surface area contributed by atoms with Gasteiger partial charge in [0.25, 0.3) is 11.5 Å². The average molecular weight is 402 g/mol. The molecule has 0 aliphatic carbocycles. The van der Waals surface area contributed by atoms with E-state index in [1.807, 2.05) is 26.0 Å². The number of fused-ring (bicyclic) bond motifs is 1. The zero-order valence-electron chi connectivity index (χ0n) is 15.1. The van der Waals surface area contributed by atoms with Crippen molar-refractivity contribution in [1.82, 2.24) is 14.9 Å². The lowest BCUT2D eigenvalue weighted by Crippen LogP contribution is -2.32. The monoisotopic (exact) mass is 401 g/mol. The molecule has 1 atom stereocenters. The summed E-state index contributed by atoms with van der Waals surface area (Å²) >= 11 is 11.3. The van der Waals surface area contributed by atoms with Crippen molar-refractivity contribution in [2.45, 2.75) is 32.9 Å². The van der Waals surface area contributed by atoms with E-state index in [-0.39, 0.29) is 17.5 Å². The van der Waals surface area contributed by atoms with Crippen LogP contribution in [0.2, 0.25) is 5.02 Å². The summed E-state index contributed by atoms with van der Waals surface area (Å²) in [5.41, 5.74) is 1.76. The highest BCUT2D eigenvalue weighted by Crippen LogP contribution is 2.13. The fourth-order valence-corrected chi connectivity index (χ4v) is 3.10. The molecular weight excluding hydrogens is 382 g/mol. The lowest BCUT2D eigenvalue weighted by molar-refractivity contribution is 0.0939. The molecule has 1 amide bonds. The highest BCUT2D eigenvalue weighted by Gasteiger charge is 2.12. The minimum Gasteiger partial charge on any atom is -0.350 e. The summed E-state index contributed by atoms with van der Waals surface area (Å²) in [4.78, 5) is 28.3. The predicted molar refractivity (Wildman–Crippen MR) is 111 cm³/mol. The Labute approximate surface area is 167 Å². The van der Waals surface area contributed by atoms with Crippen molar-refractivity contribution in [2.75, 3.05) is 0 Å². The largest absolute Gasteiger partial charge is 0.350 e. The molecule has 27 heavy (non-hydrogen) atoms. The van der Waals surface area contributed by atoms with Crippen molar-refractivity contribution < 1.29 is 4.79 Å². The lowest BCUT2D eigenvalue weighted by Gasteiger charge is -2.12. The molecule has 0 fully saturated rings. The number of hydrogen-bond acceptors (Lipinski definition) is 3. The topological polar surface area (TPSA) is 66.9 Å².